The lowest BCUT2D eigenvalue weighted by Crippen LogP contribution is -2.55. The maximum Gasteiger partial charge on any atom is 0.412 e. The number of hydrogen-bond donors (Lipinski definition) is 6. The zero-order chi connectivity index (χ0) is 58.1. The zero-order valence-corrected chi connectivity index (χ0v) is 45.8. The van der Waals surface area contributed by atoms with E-state index in [1.807, 2.05) is 19.0 Å². The Morgan fingerprint density at radius 3 is 1.57 bits per heavy atom. The van der Waals surface area contributed by atoms with Gasteiger partial charge in [-0.25, -0.2) is 19.2 Å². The number of rotatable bonds is 19. The van der Waals surface area contributed by atoms with Crippen molar-refractivity contribution in [2.45, 2.75) is 119 Å². The van der Waals surface area contributed by atoms with Gasteiger partial charge < -0.3 is 44.1 Å². The first kappa shape index (κ1) is 62.9. The van der Waals surface area contributed by atoms with Crippen LogP contribution >= 0.6 is 15.5 Å². The molecule has 9 unspecified atom stereocenters. The van der Waals surface area contributed by atoms with Crippen LogP contribution in [-0.2, 0) is 61.1 Å². The molecule has 29 heteroatoms. The Balaban J connectivity index is 0.000000195. The number of fused-ring (bicyclic) bond motifs is 6. The number of alkyl halides is 3. The number of aliphatic carboxylic acids is 3. The summed E-state index contributed by atoms with van der Waals surface area (Å²) in [5, 5.41) is 28.6. The van der Waals surface area contributed by atoms with Crippen molar-refractivity contribution in [1.82, 2.24) is 20.0 Å². The van der Waals surface area contributed by atoms with Crippen molar-refractivity contribution >= 4 is 62.6 Å². The van der Waals surface area contributed by atoms with Gasteiger partial charge in [0.15, 0.2) is 26.4 Å². The first-order valence-electron chi connectivity index (χ1n) is 25.4. The number of carboxylic acids is 3. The topological polar surface area (TPSA) is 324 Å². The third kappa shape index (κ3) is 16.6. The fraction of sp³-hybridized carbons (Fsp3) is 0.620. The highest BCUT2D eigenvalue weighted by molar-refractivity contribution is 7.62. The smallest absolute Gasteiger partial charge is 0.412 e. The largest absolute Gasteiger partial charge is 0.482 e. The SMILES string of the molecule is CN1C2CCC1[C@@H](C(=O)OCC(=O)O)C(OP(=O)(OCC(F)(F)F)c1ccccc1)C2.CN1C2CCC1[C@@H](C(=O)OCC(=O)O)[C@@H](O[P+](C)(O)O)C2.CNC(=O)[C@H]1C(OC(=O)c2ccc(OCC(=O)O)cc2)CC2CCC1N2C. The van der Waals surface area contributed by atoms with E-state index in [1.165, 1.54) is 55.2 Å². The molecule has 8 rings (SSSR count). The predicted octanol–water partition coefficient (Wildman–Crippen LogP) is 3.34. The average molecular weight is 1160 g/mol. The highest BCUT2D eigenvalue weighted by Gasteiger charge is 2.55. The number of hydrogen-bond acceptors (Lipinski definition) is 20. The van der Waals surface area contributed by atoms with Crippen molar-refractivity contribution < 1.29 is 109 Å². The third-order valence-electron chi connectivity index (χ3n) is 15.2. The molecule has 0 saturated carbocycles. The van der Waals surface area contributed by atoms with Gasteiger partial charge in [0.25, 0.3) is 0 Å². The highest BCUT2D eigenvalue weighted by atomic mass is 31.2. The molecule has 2 aromatic rings. The van der Waals surface area contributed by atoms with Crippen LogP contribution in [0.25, 0.3) is 0 Å². The maximum atomic E-state index is 13.5. The Bertz CT molecular complexity index is 2530. The Morgan fingerprint density at radius 1 is 0.658 bits per heavy atom. The van der Waals surface area contributed by atoms with Gasteiger partial charge in [-0.3, -0.25) is 38.2 Å². The van der Waals surface area contributed by atoms with Gasteiger partial charge in [-0.05, 0) is 109 Å². The van der Waals surface area contributed by atoms with E-state index in [0.29, 0.717) is 43.0 Å². The molecule has 6 aliphatic heterocycles. The number of halogens is 3. The molecule has 0 spiro atoms. The molecule has 6 bridgehead atoms. The van der Waals surface area contributed by atoms with Gasteiger partial charge >= 0.3 is 57.5 Å². The van der Waals surface area contributed by atoms with Gasteiger partial charge in [-0.1, -0.05) is 18.2 Å². The Hall–Kier alpha value is -5.34. The molecule has 438 valence electrons. The number of nitrogens with zero attached hydrogens (tertiary/aromatic N) is 3. The molecule has 6 heterocycles. The maximum absolute atomic E-state index is 13.5. The lowest BCUT2D eigenvalue weighted by Gasteiger charge is -2.42. The number of amides is 1. The van der Waals surface area contributed by atoms with Crippen LogP contribution in [0.15, 0.2) is 54.6 Å². The van der Waals surface area contributed by atoms with Crippen molar-refractivity contribution in [2.75, 3.05) is 61.3 Å². The van der Waals surface area contributed by atoms with Crippen LogP contribution in [0.5, 0.6) is 5.75 Å². The number of carbonyl (C=O) groups is 7. The standard InChI is InChI=1S/C19H23F3NO7P.C19H24N2O6.C12H20NO7P/c1-23-12-7-8-14(23)17(18(26)28-10-16(24)25)15(9-12)30-31(27,29-11-19(20,21)22)13-5-3-2-4-6-13;1-20-18(24)17-14-8-5-12(21(14)2)9-15(17)27-19(25)11-3-6-13(7-4-11)26-10-16(22)23;1-13-7-3-4-8(13)11(12(16)19-6-10(14)15)9(5-7)20-21(2,17)18/h2-6,12,14-15,17H,7-11H2,1H3,(H,24,25);3-4,6-7,12,14-15,17H,5,8-10H2,1-2H3,(H,20,24)(H,22,23);7-9,11,17-18H,3-6H2,1-2H3/p+1/t12?,14?,15?,17-,31?;12?,14?,15?,17-;7?,8?,9-,11+/m110/s1. The zero-order valence-electron chi connectivity index (χ0n) is 44.0. The predicted molar refractivity (Wildman–Crippen MR) is 271 cm³/mol. The summed E-state index contributed by atoms with van der Waals surface area (Å²) >= 11 is 0. The second-order valence-electron chi connectivity index (χ2n) is 20.3. The van der Waals surface area contributed by atoms with Crippen molar-refractivity contribution in [3.63, 3.8) is 0 Å². The monoisotopic (exact) mass is 1160 g/mol. The quantitative estimate of drug-likeness (QED) is 0.0667. The summed E-state index contributed by atoms with van der Waals surface area (Å²) in [7, 11) is -0.627. The van der Waals surface area contributed by atoms with Crippen molar-refractivity contribution in [3.05, 3.63) is 60.2 Å². The Kier molecular flexibility index (Phi) is 21.4. The molecule has 6 N–H and O–H groups in total. The van der Waals surface area contributed by atoms with Crippen molar-refractivity contribution in [1.29, 1.82) is 0 Å². The summed E-state index contributed by atoms with van der Waals surface area (Å²) in [4.78, 5) is 107. The fourth-order valence-corrected chi connectivity index (χ4v) is 14.1. The summed E-state index contributed by atoms with van der Waals surface area (Å²) in [5.74, 6) is -7.52. The number of piperidine rings is 3. The molecule has 0 aromatic heterocycles. The first-order chi connectivity index (χ1) is 37.1. The number of carboxylic acid groups (broad SMARTS) is 3. The van der Waals surface area contributed by atoms with Crippen LogP contribution < -0.4 is 15.4 Å². The van der Waals surface area contributed by atoms with Crippen LogP contribution in [0, 0.1) is 17.8 Å². The number of benzene rings is 2. The molecule has 2 aromatic carbocycles. The molecule has 0 aliphatic carbocycles. The van der Waals surface area contributed by atoms with E-state index >= 15 is 0 Å². The van der Waals surface area contributed by atoms with Gasteiger partial charge in [0.05, 0.1) is 28.8 Å². The van der Waals surface area contributed by atoms with Gasteiger partial charge in [-0.15, -0.1) is 0 Å². The second kappa shape index (κ2) is 27.0. The number of carbonyl (C=O) groups excluding carboxylic acids is 4. The molecule has 6 fully saturated rings. The lowest BCUT2D eigenvalue weighted by molar-refractivity contribution is -0.166. The van der Waals surface area contributed by atoms with Crippen molar-refractivity contribution in [3.8, 4) is 5.75 Å². The van der Waals surface area contributed by atoms with Crippen molar-refractivity contribution in [2.24, 2.45) is 17.8 Å². The van der Waals surface area contributed by atoms with E-state index in [9.17, 15) is 61.1 Å². The van der Waals surface area contributed by atoms with Gasteiger partial charge in [0.2, 0.25) is 5.91 Å². The van der Waals surface area contributed by atoms with E-state index in [1.54, 1.807) is 20.2 Å². The summed E-state index contributed by atoms with van der Waals surface area (Å²) < 4.78 is 88.1. The fourth-order valence-electron chi connectivity index (χ4n) is 11.6. The molecule has 0 radical (unpaired) electrons. The molecule has 24 nitrogen and oxygen atoms in total. The van der Waals surface area contributed by atoms with E-state index in [2.05, 4.69) is 15.1 Å². The second-order valence-corrected chi connectivity index (χ2v) is 24.2. The summed E-state index contributed by atoms with van der Waals surface area (Å²) in [6.07, 6.45) is -0.678. The first-order valence-corrected chi connectivity index (χ1v) is 29.1. The molecular weight excluding hydrogens is 1100 g/mol. The van der Waals surface area contributed by atoms with Crippen LogP contribution in [0.1, 0.15) is 68.1 Å². The summed E-state index contributed by atoms with van der Waals surface area (Å²) in [5.41, 5.74) is 0.333. The molecule has 13 atom stereocenters. The normalized spacial score (nSPS) is 29.0. The van der Waals surface area contributed by atoms with E-state index < -0.39 is 114 Å². The molecule has 79 heavy (non-hydrogen) atoms. The minimum atomic E-state index is -4.74. The van der Waals surface area contributed by atoms with Crippen LogP contribution in [0.4, 0.5) is 13.2 Å². The summed E-state index contributed by atoms with van der Waals surface area (Å²) in [6, 6.07) is 13.4. The van der Waals surface area contributed by atoms with Gasteiger partial charge in [-0.2, -0.15) is 27.5 Å². The Morgan fingerprint density at radius 2 is 1.11 bits per heavy atom. The average Bonchev–Trinajstić information content (AvgIpc) is 4.01. The molecule has 1 amide bonds. The third-order valence-corrected chi connectivity index (χ3v) is 17.8. The molecule has 6 aliphatic rings. The minimum absolute atomic E-state index is 0.0228. The number of ether oxygens (including phenoxy) is 4. The van der Waals surface area contributed by atoms with Crippen LogP contribution in [0.3, 0.4) is 0 Å². The van der Waals surface area contributed by atoms with Gasteiger partial charge in [0, 0.05) is 49.7 Å². The summed E-state index contributed by atoms with van der Waals surface area (Å²) in [6.45, 7) is -2.61. The molecular formula is C50H68F3N4O20P2+. The van der Waals surface area contributed by atoms with Gasteiger partial charge in [0.1, 0.15) is 30.5 Å². The van der Waals surface area contributed by atoms with E-state index in [-0.39, 0.29) is 53.8 Å². The highest BCUT2D eigenvalue weighted by Crippen LogP contribution is 2.54. The number of esters is 3. The minimum Gasteiger partial charge on any atom is -0.482 e. The van der Waals surface area contributed by atoms with Crippen LogP contribution in [-0.4, -0.2) is 204 Å². The Labute approximate surface area is 453 Å². The van der Waals surface area contributed by atoms with E-state index in [4.69, 9.17) is 47.8 Å². The molecule has 6 saturated heterocycles. The lowest BCUT2D eigenvalue weighted by atomic mass is 9.86. The van der Waals surface area contributed by atoms with E-state index in [0.717, 1.165) is 25.7 Å². The number of nitrogens with one attached hydrogen (secondary N) is 1. The van der Waals surface area contributed by atoms with Crippen LogP contribution in [0.2, 0.25) is 0 Å².